The van der Waals surface area contributed by atoms with Crippen molar-refractivity contribution in [2.45, 2.75) is 46.6 Å². The predicted molar refractivity (Wildman–Crippen MR) is 51.9 cm³/mol. The van der Waals surface area contributed by atoms with Crippen LogP contribution in [0, 0.1) is 5.41 Å². The first-order chi connectivity index (χ1) is 6.29. The van der Waals surface area contributed by atoms with Crippen LogP contribution in [0.5, 0.6) is 0 Å². The van der Waals surface area contributed by atoms with E-state index in [9.17, 15) is 9.59 Å². The molecule has 0 saturated carbocycles. The molecule has 0 bridgehead atoms. The van der Waals surface area contributed by atoms with Gasteiger partial charge in [0.2, 0.25) is 0 Å². The highest BCUT2D eigenvalue weighted by molar-refractivity contribution is 5.76. The molecule has 4 heteroatoms. The molecule has 1 atom stereocenters. The van der Waals surface area contributed by atoms with Crippen LogP contribution >= 0.6 is 0 Å². The second kappa shape index (κ2) is 4.98. The Morgan fingerprint density at radius 2 is 1.93 bits per heavy atom. The minimum Gasteiger partial charge on any atom is -0.481 e. The molecule has 14 heavy (non-hydrogen) atoms. The number of aliphatic carboxylic acids is 1. The number of carboxylic acids is 1. The summed E-state index contributed by atoms with van der Waals surface area (Å²) in [5.41, 5.74) is -0.535. The van der Waals surface area contributed by atoms with E-state index in [1.807, 2.05) is 6.92 Å². The van der Waals surface area contributed by atoms with E-state index in [0.717, 1.165) is 0 Å². The van der Waals surface area contributed by atoms with Gasteiger partial charge in [0.25, 0.3) is 0 Å². The number of hydrogen-bond donors (Lipinski definition) is 1. The zero-order valence-corrected chi connectivity index (χ0v) is 9.16. The normalized spacial score (nSPS) is 13.4. The van der Waals surface area contributed by atoms with E-state index in [1.165, 1.54) is 0 Å². The average Bonchev–Trinajstić information content (AvgIpc) is 2.02. The van der Waals surface area contributed by atoms with E-state index in [1.54, 1.807) is 20.8 Å². The molecule has 0 fully saturated rings. The fraction of sp³-hybridized carbons (Fsp3) is 0.800. The van der Waals surface area contributed by atoms with Gasteiger partial charge in [0.15, 0.2) is 0 Å². The molecule has 82 valence electrons. The molecule has 0 aromatic carbocycles. The quantitative estimate of drug-likeness (QED) is 0.691. The van der Waals surface area contributed by atoms with Crippen LogP contribution in [-0.4, -0.2) is 23.1 Å². The first-order valence-corrected chi connectivity index (χ1v) is 4.72. The summed E-state index contributed by atoms with van der Waals surface area (Å²) >= 11 is 0. The standard InChI is InChI=1S/C10H18O4/c1-5-10(3,4)9(13)14-7(2)6-8(11)12/h7H,5-6H2,1-4H3,(H,11,12). The van der Waals surface area contributed by atoms with Gasteiger partial charge in [0.05, 0.1) is 11.8 Å². The molecule has 0 aliphatic carbocycles. The van der Waals surface area contributed by atoms with Crippen LogP contribution in [-0.2, 0) is 14.3 Å². The third-order valence-electron chi connectivity index (χ3n) is 2.21. The molecule has 1 unspecified atom stereocenters. The molecule has 0 amide bonds. The van der Waals surface area contributed by atoms with Gasteiger partial charge in [-0.1, -0.05) is 6.92 Å². The maximum Gasteiger partial charge on any atom is 0.311 e. The highest BCUT2D eigenvalue weighted by Crippen LogP contribution is 2.22. The maximum atomic E-state index is 11.5. The van der Waals surface area contributed by atoms with E-state index in [2.05, 4.69) is 0 Å². The fourth-order valence-corrected chi connectivity index (χ4v) is 0.774. The molecule has 1 N–H and O–H groups in total. The molecule has 4 nitrogen and oxygen atoms in total. The van der Waals surface area contributed by atoms with Crippen molar-refractivity contribution in [2.75, 3.05) is 0 Å². The lowest BCUT2D eigenvalue weighted by Gasteiger charge is -2.22. The molecule has 0 spiro atoms. The summed E-state index contributed by atoms with van der Waals surface area (Å²) in [6.07, 6.45) is -0.0391. The Bertz CT molecular complexity index is 220. The molecular formula is C10H18O4. The summed E-state index contributed by atoms with van der Waals surface area (Å²) in [6.45, 7) is 7.03. The second-order valence-electron chi connectivity index (χ2n) is 4.05. The third kappa shape index (κ3) is 4.25. The monoisotopic (exact) mass is 202 g/mol. The van der Waals surface area contributed by atoms with Crippen LogP contribution in [0.4, 0.5) is 0 Å². The maximum absolute atomic E-state index is 11.5. The zero-order chi connectivity index (χ0) is 11.4. The number of carbonyl (C=O) groups is 2. The van der Waals surface area contributed by atoms with Crippen molar-refractivity contribution in [1.29, 1.82) is 0 Å². The molecule has 0 aliphatic rings. The van der Waals surface area contributed by atoms with Gasteiger partial charge in [-0.3, -0.25) is 9.59 Å². The molecule has 0 radical (unpaired) electrons. The molecule has 0 heterocycles. The van der Waals surface area contributed by atoms with E-state index < -0.39 is 17.5 Å². The zero-order valence-electron chi connectivity index (χ0n) is 9.16. The van der Waals surface area contributed by atoms with Gasteiger partial charge in [-0.15, -0.1) is 0 Å². The summed E-state index contributed by atoms with van der Waals surface area (Å²) in [6, 6.07) is 0. The number of carbonyl (C=O) groups excluding carboxylic acids is 1. The number of ether oxygens (including phenoxy) is 1. The Kier molecular flexibility index (Phi) is 4.60. The highest BCUT2D eigenvalue weighted by atomic mass is 16.5. The van der Waals surface area contributed by atoms with Crippen LogP contribution in [0.2, 0.25) is 0 Å². The van der Waals surface area contributed by atoms with Gasteiger partial charge in [-0.05, 0) is 27.2 Å². The Morgan fingerprint density at radius 3 is 2.29 bits per heavy atom. The van der Waals surface area contributed by atoms with Gasteiger partial charge in [0.1, 0.15) is 6.10 Å². The van der Waals surface area contributed by atoms with Crippen molar-refractivity contribution in [3.05, 3.63) is 0 Å². The van der Waals surface area contributed by atoms with Crippen molar-refractivity contribution in [3.8, 4) is 0 Å². The first-order valence-electron chi connectivity index (χ1n) is 4.72. The average molecular weight is 202 g/mol. The van der Waals surface area contributed by atoms with Crippen LogP contribution in [0.3, 0.4) is 0 Å². The summed E-state index contributed by atoms with van der Waals surface area (Å²) in [7, 11) is 0. The Balaban J connectivity index is 4.12. The molecule has 0 aromatic rings. The number of hydrogen-bond acceptors (Lipinski definition) is 3. The van der Waals surface area contributed by atoms with Gasteiger partial charge in [-0.2, -0.15) is 0 Å². The first kappa shape index (κ1) is 12.9. The van der Waals surface area contributed by atoms with Crippen LogP contribution < -0.4 is 0 Å². The van der Waals surface area contributed by atoms with Gasteiger partial charge >= 0.3 is 11.9 Å². The summed E-state index contributed by atoms with van der Waals surface area (Å²) in [4.78, 5) is 21.8. The fourth-order valence-electron chi connectivity index (χ4n) is 0.774. The van der Waals surface area contributed by atoms with E-state index in [-0.39, 0.29) is 12.4 Å². The van der Waals surface area contributed by atoms with E-state index >= 15 is 0 Å². The summed E-state index contributed by atoms with van der Waals surface area (Å²) in [5, 5.41) is 8.47. The van der Waals surface area contributed by atoms with Crippen LogP contribution in [0.25, 0.3) is 0 Å². The van der Waals surface area contributed by atoms with Crippen LogP contribution in [0.15, 0.2) is 0 Å². The lowest BCUT2D eigenvalue weighted by molar-refractivity contribution is -0.161. The molecule has 0 aromatic heterocycles. The minimum atomic E-state index is -0.959. The van der Waals surface area contributed by atoms with Crippen LogP contribution in [0.1, 0.15) is 40.5 Å². The van der Waals surface area contributed by atoms with E-state index in [4.69, 9.17) is 9.84 Å². The topological polar surface area (TPSA) is 63.6 Å². The molecular weight excluding hydrogens is 184 g/mol. The third-order valence-corrected chi connectivity index (χ3v) is 2.21. The molecule has 0 rings (SSSR count). The SMILES string of the molecule is CCC(C)(C)C(=O)OC(C)CC(=O)O. The summed E-state index contributed by atoms with van der Waals surface area (Å²) < 4.78 is 5.00. The Morgan fingerprint density at radius 1 is 1.43 bits per heavy atom. The van der Waals surface area contributed by atoms with Gasteiger partial charge in [0, 0.05) is 0 Å². The molecule has 0 aliphatic heterocycles. The smallest absolute Gasteiger partial charge is 0.311 e. The van der Waals surface area contributed by atoms with Crippen molar-refractivity contribution in [3.63, 3.8) is 0 Å². The number of rotatable bonds is 5. The summed E-state index contributed by atoms with van der Waals surface area (Å²) in [5.74, 6) is -1.30. The Hall–Kier alpha value is -1.06. The lowest BCUT2D eigenvalue weighted by atomic mass is 9.90. The van der Waals surface area contributed by atoms with Crippen molar-refractivity contribution < 1.29 is 19.4 Å². The van der Waals surface area contributed by atoms with Crippen molar-refractivity contribution >= 4 is 11.9 Å². The second-order valence-corrected chi connectivity index (χ2v) is 4.05. The lowest BCUT2D eigenvalue weighted by Crippen LogP contribution is -2.29. The number of esters is 1. The van der Waals surface area contributed by atoms with E-state index in [0.29, 0.717) is 6.42 Å². The number of carboxylic acid groups (broad SMARTS) is 1. The molecule has 0 saturated heterocycles. The minimum absolute atomic E-state index is 0.147. The van der Waals surface area contributed by atoms with Crippen molar-refractivity contribution in [1.82, 2.24) is 0 Å². The predicted octanol–water partition coefficient (Wildman–Crippen LogP) is 1.83. The Labute approximate surface area is 84.3 Å². The van der Waals surface area contributed by atoms with Crippen molar-refractivity contribution in [2.24, 2.45) is 5.41 Å². The van der Waals surface area contributed by atoms with Gasteiger partial charge in [-0.25, -0.2) is 0 Å². The largest absolute Gasteiger partial charge is 0.481 e. The highest BCUT2D eigenvalue weighted by Gasteiger charge is 2.28. The van der Waals surface area contributed by atoms with Gasteiger partial charge < -0.3 is 9.84 Å².